The van der Waals surface area contributed by atoms with E-state index in [1.807, 2.05) is 22.8 Å². The lowest BCUT2D eigenvalue weighted by atomic mass is 10.2. The maximum atomic E-state index is 13.4. The van der Waals surface area contributed by atoms with Crippen LogP contribution in [0.2, 0.25) is 0 Å². The first-order valence-electron chi connectivity index (χ1n) is 6.09. The summed E-state index contributed by atoms with van der Waals surface area (Å²) in [4.78, 5) is 4.52. The van der Waals surface area contributed by atoms with Crippen molar-refractivity contribution < 1.29 is 4.39 Å². The highest BCUT2D eigenvalue weighted by molar-refractivity contribution is 9.10. The van der Waals surface area contributed by atoms with E-state index in [0.717, 1.165) is 27.0 Å². The zero-order valence-electron chi connectivity index (χ0n) is 10.7. The molecule has 0 saturated carbocycles. The molecule has 0 aliphatic rings. The van der Waals surface area contributed by atoms with E-state index in [-0.39, 0.29) is 5.82 Å². The molecule has 0 bridgehead atoms. The van der Waals surface area contributed by atoms with E-state index >= 15 is 0 Å². The van der Waals surface area contributed by atoms with Crippen LogP contribution in [0, 0.1) is 12.7 Å². The fourth-order valence-corrected chi connectivity index (χ4v) is 2.77. The Labute approximate surface area is 129 Å². The number of fused-ring (bicyclic) bond motifs is 1. The predicted octanol–water partition coefficient (Wildman–Crippen LogP) is 4.97. The quantitative estimate of drug-likeness (QED) is 0.594. The summed E-state index contributed by atoms with van der Waals surface area (Å²) < 4.78 is 16.4. The molecule has 3 aromatic rings. The number of aromatic nitrogens is 2. The topological polar surface area (TPSA) is 17.8 Å². The number of hydrogen-bond acceptors (Lipinski definition) is 1. The van der Waals surface area contributed by atoms with Crippen LogP contribution in [0.4, 0.5) is 4.39 Å². The van der Waals surface area contributed by atoms with Crippen molar-refractivity contribution >= 4 is 38.6 Å². The summed E-state index contributed by atoms with van der Waals surface area (Å²) in [6, 6.07) is 10.9. The molecular weight excluding hydrogens is 343 g/mol. The Bertz CT molecular complexity index is 798. The zero-order valence-corrected chi connectivity index (χ0v) is 13.0. The maximum absolute atomic E-state index is 13.4. The number of hydrogen-bond donors (Lipinski definition) is 0. The van der Waals surface area contributed by atoms with E-state index in [0.29, 0.717) is 11.4 Å². The third-order valence-electron chi connectivity index (χ3n) is 3.21. The number of aryl methyl sites for hydroxylation is 1. The van der Waals surface area contributed by atoms with Crippen molar-refractivity contribution in [2.75, 3.05) is 0 Å². The summed E-state index contributed by atoms with van der Waals surface area (Å²) in [5.41, 5.74) is 3.27. The molecule has 0 spiro atoms. The van der Waals surface area contributed by atoms with Crippen LogP contribution in [0.3, 0.4) is 0 Å². The second-order valence-corrected chi connectivity index (χ2v) is 5.75. The van der Waals surface area contributed by atoms with E-state index in [1.54, 1.807) is 19.1 Å². The summed E-state index contributed by atoms with van der Waals surface area (Å²) >= 11 is 9.46. The molecule has 0 aliphatic carbocycles. The molecule has 0 fully saturated rings. The Balaban J connectivity index is 2.32. The molecule has 0 radical (unpaired) electrons. The monoisotopic (exact) mass is 352 g/mol. The van der Waals surface area contributed by atoms with Gasteiger partial charge in [-0.3, -0.25) is 4.57 Å². The number of halogens is 3. The van der Waals surface area contributed by atoms with Gasteiger partial charge in [-0.2, -0.15) is 0 Å². The van der Waals surface area contributed by atoms with Gasteiger partial charge in [-0.05, 0) is 48.9 Å². The molecule has 1 heterocycles. The summed E-state index contributed by atoms with van der Waals surface area (Å²) in [5.74, 6) is 0.820. The second-order valence-electron chi connectivity index (χ2n) is 4.56. The Morgan fingerprint density at radius 2 is 2.05 bits per heavy atom. The number of benzene rings is 2. The molecule has 102 valence electrons. The summed E-state index contributed by atoms with van der Waals surface area (Å²) in [6.45, 7) is 1.74. The van der Waals surface area contributed by atoms with Crippen molar-refractivity contribution in [3.05, 3.63) is 58.1 Å². The Hall–Kier alpha value is -1.39. The van der Waals surface area contributed by atoms with Gasteiger partial charge >= 0.3 is 0 Å². The highest BCUT2D eigenvalue weighted by atomic mass is 79.9. The van der Waals surface area contributed by atoms with Gasteiger partial charge in [-0.25, -0.2) is 9.37 Å². The third kappa shape index (κ3) is 2.23. The highest BCUT2D eigenvalue weighted by Gasteiger charge is 2.13. The Morgan fingerprint density at radius 3 is 2.75 bits per heavy atom. The van der Waals surface area contributed by atoms with E-state index in [2.05, 4.69) is 20.9 Å². The fraction of sp³-hybridized carbons (Fsp3) is 0.133. The summed E-state index contributed by atoms with van der Waals surface area (Å²) in [6.07, 6.45) is 0. The number of imidazole rings is 1. The Kier molecular flexibility index (Phi) is 3.52. The van der Waals surface area contributed by atoms with Gasteiger partial charge in [0, 0.05) is 10.2 Å². The van der Waals surface area contributed by atoms with Crippen LogP contribution in [0.15, 0.2) is 40.9 Å². The zero-order chi connectivity index (χ0) is 14.3. The molecule has 5 heteroatoms. The molecule has 20 heavy (non-hydrogen) atoms. The first-order chi connectivity index (χ1) is 9.60. The molecule has 0 N–H and O–H groups in total. The average Bonchev–Trinajstić information content (AvgIpc) is 2.79. The largest absolute Gasteiger partial charge is 0.295 e. The number of rotatable bonds is 2. The van der Waals surface area contributed by atoms with E-state index in [1.165, 1.54) is 6.07 Å². The minimum atomic E-state index is -0.216. The van der Waals surface area contributed by atoms with Gasteiger partial charge in [0.1, 0.15) is 11.6 Å². The lowest BCUT2D eigenvalue weighted by molar-refractivity contribution is 0.618. The van der Waals surface area contributed by atoms with Crippen LogP contribution in [0.5, 0.6) is 0 Å². The van der Waals surface area contributed by atoms with Crippen LogP contribution in [0.1, 0.15) is 11.4 Å². The molecule has 0 saturated heterocycles. The molecule has 1 aromatic heterocycles. The molecule has 0 unspecified atom stereocenters. The van der Waals surface area contributed by atoms with Gasteiger partial charge in [0.15, 0.2) is 0 Å². The normalized spacial score (nSPS) is 11.2. The molecule has 0 aliphatic heterocycles. The van der Waals surface area contributed by atoms with Crippen molar-refractivity contribution in [3.8, 4) is 5.69 Å². The highest BCUT2D eigenvalue weighted by Crippen LogP contribution is 2.26. The van der Waals surface area contributed by atoms with Crippen LogP contribution in [0.25, 0.3) is 16.7 Å². The maximum Gasteiger partial charge on any atom is 0.129 e. The first-order valence-corrected chi connectivity index (χ1v) is 7.42. The van der Waals surface area contributed by atoms with Gasteiger partial charge < -0.3 is 0 Å². The van der Waals surface area contributed by atoms with Crippen molar-refractivity contribution in [2.45, 2.75) is 12.8 Å². The van der Waals surface area contributed by atoms with Crippen LogP contribution >= 0.6 is 27.5 Å². The second kappa shape index (κ2) is 5.19. The van der Waals surface area contributed by atoms with Crippen LogP contribution in [-0.4, -0.2) is 9.55 Å². The smallest absolute Gasteiger partial charge is 0.129 e. The third-order valence-corrected chi connectivity index (χ3v) is 3.94. The van der Waals surface area contributed by atoms with E-state index in [4.69, 9.17) is 11.6 Å². The lowest BCUT2D eigenvalue weighted by Crippen LogP contribution is -2.00. The van der Waals surface area contributed by atoms with Gasteiger partial charge in [0.2, 0.25) is 0 Å². The minimum absolute atomic E-state index is 0.216. The standard InChI is InChI=1S/C15H11BrClFN2/c1-9-6-11(3-4-12(9)18)20-14-7-10(16)2-5-13(14)19-15(20)8-17/h2-7H,8H2,1H3. The molecule has 3 rings (SSSR count). The van der Waals surface area contributed by atoms with Crippen LogP contribution < -0.4 is 0 Å². The van der Waals surface area contributed by atoms with Crippen molar-refractivity contribution in [1.29, 1.82) is 0 Å². The van der Waals surface area contributed by atoms with Crippen molar-refractivity contribution in [2.24, 2.45) is 0 Å². The van der Waals surface area contributed by atoms with Gasteiger partial charge in [0.05, 0.1) is 16.9 Å². The summed E-state index contributed by atoms with van der Waals surface area (Å²) in [5, 5.41) is 0. The van der Waals surface area contributed by atoms with E-state index < -0.39 is 0 Å². The van der Waals surface area contributed by atoms with Gasteiger partial charge in [-0.15, -0.1) is 11.6 Å². The first kappa shape index (κ1) is 13.6. The van der Waals surface area contributed by atoms with Crippen molar-refractivity contribution in [1.82, 2.24) is 9.55 Å². The van der Waals surface area contributed by atoms with E-state index in [9.17, 15) is 4.39 Å². The fourth-order valence-electron chi connectivity index (χ4n) is 2.24. The molecule has 0 amide bonds. The lowest BCUT2D eigenvalue weighted by Gasteiger charge is -2.09. The molecule has 2 aromatic carbocycles. The predicted molar refractivity (Wildman–Crippen MR) is 83.0 cm³/mol. The molecule has 2 nitrogen and oxygen atoms in total. The average molecular weight is 354 g/mol. The SMILES string of the molecule is Cc1cc(-n2c(CCl)nc3ccc(Br)cc32)ccc1F. The number of alkyl halides is 1. The minimum Gasteiger partial charge on any atom is -0.295 e. The van der Waals surface area contributed by atoms with Crippen molar-refractivity contribution in [3.63, 3.8) is 0 Å². The molecular formula is C15H11BrClFN2. The number of nitrogens with zero attached hydrogens (tertiary/aromatic N) is 2. The molecule has 0 atom stereocenters. The van der Waals surface area contributed by atoms with Gasteiger partial charge in [0.25, 0.3) is 0 Å². The summed E-state index contributed by atoms with van der Waals surface area (Å²) in [7, 11) is 0. The van der Waals surface area contributed by atoms with Crippen LogP contribution in [-0.2, 0) is 5.88 Å². The van der Waals surface area contributed by atoms with Gasteiger partial charge in [-0.1, -0.05) is 15.9 Å². The Morgan fingerprint density at radius 1 is 1.25 bits per heavy atom.